The van der Waals surface area contributed by atoms with Gasteiger partial charge in [0.2, 0.25) is 5.91 Å². The number of primary amides is 1. The Labute approximate surface area is 184 Å². The lowest BCUT2D eigenvalue weighted by molar-refractivity contribution is 0.1000. The van der Waals surface area contributed by atoms with E-state index in [0.29, 0.717) is 12.1 Å². The second-order valence-electron chi connectivity index (χ2n) is 8.46. The minimum atomic E-state index is -0.418. The van der Waals surface area contributed by atoms with Crippen LogP contribution in [0, 0.1) is 13.8 Å². The monoisotopic (exact) mass is 420 g/mol. The van der Waals surface area contributed by atoms with Crippen LogP contribution in [-0.2, 0) is 6.42 Å². The number of likely N-dealkylation sites (N-methyl/N-ethyl adjacent to an activating group) is 1. The molecular formula is C25H32N4O2. The summed E-state index contributed by atoms with van der Waals surface area (Å²) in [4.78, 5) is 26.3. The fourth-order valence-electron chi connectivity index (χ4n) is 3.85. The second-order valence-corrected chi connectivity index (χ2v) is 8.46. The molecule has 0 saturated heterocycles. The Morgan fingerprint density at radius 2 is 1.71 bits per heavy atom. The third kappa shape index (κ3) is 5.95. The van der Waals surface area contributed by atoms with Crippen molar-refractivity contribution >= 4 is 11.9 Å². The van der Waals surface area contributed by atoms with Crippen LogP contribution in [0.2, 0.25) is 0 Å². The fraction of sp³-hybridized carbons (Fsp3) is 0.360. The van der Waals surface area contributed by atoms with Gasteiger partial charge in [0.05, 0.1) is 6.04 Å². The number of nitrogens with two attached hydrogens (primary N) is 1. The molecule has 0 saturated carbocycles. The molecule has 3 amide bonds. The molecule has 2 aromatic carbocycles. The number of hydrogen-bond acceptors (Lipinski definition) is 3. The summed E-state index contributed by atoms with van der Waals surface area (Å²) in [6.45, 7) is 4.50. The van der Waals surface area contributed by atoms with Crippen LogP contribution >= 0.6 is 0 Å². The summed E-state index contributed by atoms with van der Waals surface area (Å²) in [5.74, 6) is -0.418. The quantitative estimate of drug-likeness (QED) is 0.544. The van der Waals surface area contributed by atoms with Gasteiger partial charge >= 0.3 is 6.03 Å². The molecule has 0 aliphatic heterocycles. The van der Waals surface area contributed by atoms with Crippen molar-refractivity contribution in [3.8, 4) is 0 Å². The van der Waals surface area contributed by atoms with E-state index < -0.39 is 5.91 Å². The van der Waals surface area contributed by atoms with Gasteiger partial charge in [0.25, 0.3) is 0 Å². The van der Waals surface area contributed by atoms with Crippen LogP contribution in [0.4, 0.5) is 4.79 Å². The summed E-state index contributed by atoms with van der Waals surface area (Å²) in [5, 5.41) is 6.15. The Morgan fingerprint density at radius 3 is 2.23 bits per heavy atom. The molecule has 1 aliphatic rings. The van der Waals surface area contributed by atoms with E-state index in [1.807, 2.05) is 70.4 Å². The summed E-state index contributed by atoms with van der Waals surface area (Å²) >= 11 is 0. The molecule has 0 spiro atoms. The number of carbonyl (C=O) groups is 2. The van der Waals surface area contributed by atoms with E-state index in [4.69, 9.17) is 5.73 Å². The molecule has 164 valence electrons. The zero-order chi connectivity index (χ0) is 22.5. The number of carbonyl (C=O) groups excluding carboxylic acids is 2. The van der Waals surface area contributed by atoms with Gasteiger partial charge in [-0.25, -0.2) is 4.79 Å². The van der Waals surface area contributed by atoms with E-state index in [1.54, 1.807) is 0 Å². The third-order valence-corrected chi connectivity index (χ3v) is 5.87. The van der Waals surface area contributed by atoms with Crippen LogP contribution in [0.25, 0.3) is 0 Å². The maximum absolute atomic E-state index is 12.7. The lowest BCUT2D eigenvalue weighted by atomic mass is 9.93. The van der Waals surface area contributed by atoms with Crippen LogP contribution in [0.5, 0.6) is 0 Å². The number of nitrogens with one attached hydrogen (secondary N) is 2. The van der Waals surface area contributed by atoms with Gasteiger partial charge in [-0.05, 0) is 80.7 Å². The number of allylic oxidation sites excluding steroid dienone is 1. The third-order valence-electron chi connectivity index (χ3n) is 5.87. The van der Waals surface area contributed by atoms with Crippen molar-refractivity contribution in [2.24, 2.45) is 5.73 Å². The first kappa shape index (κ1) is 22.6. The van der Waals surface area contributed by atoms with Crippen LogP contribution in [0.15, 0.2) is 54.1 Å². The van der Waals surface area contributed by atoms with Crippen molar-refractivity contribution in [3.63, 3.8) is 0 Å². The molecule has 6 nitrogen and oxygen atoms in total. The highest BCUT2D eigenvalue weighted by molar-refractivity contribution is 5.93. The number of nitrogens with zero attached hydrogens (tertiary/aromatic N) is 1. The highest BCUT2D eigenvalue weighted by atomic mass is 16.2. The summed E-state index contributed by atoms with van der Waals surface area (Å²) in [5.41, 5.74) is 11.5. The van der Waals surface area contributed by atoms with E-state index in [0.717, 1.165) is 29.5 Å². The minimum absolute atomic E-state index is 0.0789. The summed E-state index contributed by atoms with van der Waals surface area (Å²) in [6.07, 6.45) is 3.85. The maximum Gasteiger partial charge on any atom is 0.315 e. The smallest absolute Gasteiger partial charge is 0.315 e. The largest absolute Gasteiger partial charge is 0.366 e. The molecule has 4 N–H and O–H groups in total. The Morgan fingerprint density at radius 1 is 1.10 bits per heavy atom. The van der Waals surface area contributed by atoms with Gasteiger partial charge in [-0.15, -0.1) is 0 Å². The number of urea groups is 1. The highest BCUT2D eigenvalue weighted by Crippen LogP contribution is 2.33. The summed E-state index contributed by atoms with van der Waals surface area (Å²) in [6, 6.07) is 13.6. The molecule has 0 aromatic heterocycles. The van der Waals surface area contributed by atoms with E-state index in [-0.39, 0.29) is 18.1 Å². The van der Waals surface area contributed by atoms with E-state index in [1.165, 1.54) is 11.1 Å². The van der Waals surface area contributed by atoms with Gasteiger partial charge in [-0.3, -0.25) is 4.79 Å². The summed E-state index contributed by atoms with van der Waals surface area (Å²) in [7, 11) is 4.02. The molecule has 31 heavy (non-hydrogen) atoms. The first-order valence-electron chi connectivity index (χ1n) is 10.6. The molecule has 6 heteroatoms. The van der Waals surface area contributed by atoms with Crippen molar-refractivity contribution in [1.82, 2.24) is 15.5 Å². The topological polar surface area (TPSA) is 87.5 Å². The number of benzene rings is 2. The Kier molecular flexibility index (Phi) is 7.13. The fourth-order valence-corrected chi connectivity index (χ4v) is 3.85. The molecule has 1 aliphatic carbocycles. The zero-order valence-corrected chi connectivity index (χ0v) is 18.7. The lowest BCUT2D eigenvalue weighted by Gasteiger charge is -2.27. The van der Waals surface area contributed by atoms with E-state index in [9.17, 15) is 9.59 Å². The van der Waals surface area contributed by atoms with Crippen molar-refractivity contribution in [3.05, 3.63) is 81.9 Å². The highest BCUT2D eigenvalue weighted by Gasteiger charge is 2.24. The SMILES string of the molecule is Cc1cc(C(N)=O)cc(C)c1C[C@@H](CNC(=O)N[C@@H](C1=CC1)c1ccccc1)N(C)C. The lowest BCUT2D eigenvalue weighted by Crippen LogP contribution is -2.46. The average molecular weight is 421 g/mol. The molecule has 2 aromatic rings. The number of amides is 3. The number of rotatable bonds is 9. The van der Waals surface area contributed by atoms with Crippen LogP contribution < -0.4 is 16.4 Å². The predicted octanol–water partition coefficient (Wildman–Crippen LogP) is 3.25. The van der Waals surface area contributed by atoms with E-state index in [2.05, 4.69) is 21.6 Å². The van der Waals surface area contributed by atoms with Gasteiger partial charge < -0.3 is 21.3 Å². The van der Waals surface area contributed by atoms with Crippen LogP contribution in [0.3, 0.4) is 0 Å². The Hall–Kier alpha value is -3.12. The number of aryl methyl sites for hydroxylation is 2. The van der Waals surface area contributed by atoms with Crippen LogP contribution in [0.1, 0.15) is 45.1 Å². The second kappa shape index (κ2) is 9.79. The first-order valence-corrected chi connectivity index (χ1v) is 10.6. The number of hydrogen-bond donors (Lipinski definition) is 3. The molecular weight excluding hydrogens is 388 g/mol. The maximum atomic E-state index is 12.7. The molecule has 0 fully saturated rings. The van der Waals surface area contributed by atoms with Gasteiger partial charge in [-0.1, -0.05) is 36.4 Å². The summed E-state index contributed by atoms with van der Waals surface area (Å²) < 4.78 is 0. The van der Waals surface area contributed by atoms with Gasteiger partial charge in [0.1, 0.15) is 0 Å². The molecule has 0 radical (unpaired) electrons. The van der Waals surface area contributed by atoms with Crippen molar-refractivity contribution in [2.45, 2.75) is 38.8 Å². The predicted molar refractivity (Wildman–Crippen MR) is 124 cm³/mol. The minimum Gasteiger partial charge on any atom is -0.366 e. The average Bonchev–Trinajstić information content (AvgIpc) is 3.56. The Balaban J connectivity index is 1.64. The normalized spacial score (nSPS) is 14.5. The Bertz CT molecular complexity index is 959. The van der Waals surface area contributed by atoms with Crippen LogP contribution in [-0.4, -0.2) is 43.5 Å². The molecule has 0 bridgehead atoms. The van der Waals surface area contributed by atoms with Crippen molar-refractivity contribution in [2.75, 3.05) is 20.6 Å². The molecule has 2 atom stereocenters. The molecule has 0 heterocycles. The van der Waals surface area contributed by atoms with Crippen molar-refractivity contribution in [1.29, 1.82) is 0 Å². The standard InChI is InChI=1S/C25H32N4O2/c1-16-12-20(24(26)30)13-17(2)22(16)14-21(29(3)4)15-27-25(31)28-23(19-10-11-19)18-8-6-5-7-9-18/h5-10,12-13,21,23H,11,14-15H2,1-4H3,(H2,26,30)(H2,27,28,31)/t21-,23+/m0/s1. The molecule has 3 rings (SSSR count). The van der Waals surface area contributed by atoms with Gasteiger partial charge in [-0.2, -0.15) is 0 Å². The first-order chi connectivity index (χ1) is 14.8. The van der Waals surface area contributed by atoms with Crippen molar-refractivity contribution < 1.29 is 9.59 Å². The zero-order valence-electron chi connectivity index (χ0n) is 18.7. The van der Waals surface area contributed by atoms with E-state index >= 15 is 0 Å². The van der Waals surface area contributed by atoms with Gasteiger partial charge in [0.15, 0.2) is 0 Å². The molecule has 0 unspecified atom stereocenters. The van der Waals surface area contributed by atoms with Gasteiger partial charge in [0, 0.05) is 18.2 Å².